The summed E-state index contributed by atoms with van der Waals surface area (Å²) in [6.45, 7) is 9.45. The van der Waals surface area contributed by atoms with Gasteiger partial charge in [-0.2, -0.15) is 0 Å². The first kappa shape index (κ1) is 23.8. The van der Waals surface area contributed by atoms with Gasteiger partial charge in [0.05, 0.1) is 0 Å². The van der Waals surface area contributed by atoms with Crippen LogP contribution in [0.25, 0.3) is 0 Å². The van der Waals surface area contributed by atoms with E-state index in [2.05, 4.69) is 69.1 Å². The van der Waals surface area contributed by atoms with E-state index < -0.39 is 0 Å². The van der Waals surface area contributed by atoms with Crippen LogP contribution >= 0.6 is 44.1 Å². The van der Waals surface area contributed by atoms with Crippen molar-refractivity contribution < 1.29 is 4.79 Å². The minimum atomic E-state index is 0.713. The Kier molecular flexibility index (Phi) is 11.4. The Morgan fingerprint density at radius 3 is 1.96 bits per heavy atom. The highest BCUT2D eigenvalue weighted by Gasteiger charge is 2.12. The Hall–Kier alpha value is 0.500. The lowest BCUT2D eigenvalue weighted by Crippen LogP contribution is -2.35. The van der Waals surface area contributed by atoms with Crippen molar-refractivity contribution in [2.45, 2.75) is 19.4 Å². The Morgan fingerprint density at radius 1 is 0.852 bits per heavy atom. The van der Waals surface area contributed by atoms with Crippen molar-refractivity contribution in [2.75, 3.05) is 52.4 Å². The third-order valence-electron chi connectivity index (χ3n) is 4.80. The van der Waals surface area contributed by atoms with Gasteiger partial charge in [0.25, 0.3) is 0 Å². The maximum Gasteiger partial charge on any atom is 0.150 e. The summed E-state index contributed by atoms with van der Waals surface area (Å²) >= 11 is 3.63. The number of aldehydes is 1. The molecule has 0 radical (unpaired) electrons. The second-order valence-electron chi connectivity index (χ2n) is 7.06. The molecule has 0 aliphatic carbocycles. The van der Waals surface area contributed by atoms with Crippen LogP contribution in [0.3, 0.4) is 0 Å². The lowest BCUT2D eigenvalue weighted by Gasteiger charge is -2.28. The zero-order valence-electron chi connectivity index (χ0n) is 15.9. The number of hydrogen-bond donors (Lipinski definition) is 0. The van der Waals surface area contributed by atoms with Crippen molar-refractivity contribution in [1.82, 2.24) is 18.9 Å². The number of carbonyl (C=O) groups excluding carboxylic acids is 1. The predicted octanol–water partition coefficient (Wildman–Crippen LogP) is 3.13. The fourth-order valence-electron chi connectivity index (χ4n) is 3.11. The van der Waals surface area contributed by atoms with Crippen molar-refractivity contribution in [2.24, 2.45) is 0 Å². The lowest BCUT2D eigenvalue weighted by atomic mass is 10.1. The smallest absolute Gasteiger partial charge is 0.150 e. The van der Waals surface area contributed by atoms with Crippen LogP contribution < -0.4 is 0 Å². The van der Waals surface area contributed by atoms with Gasteiger partial charge in [0, 0.05) is 62.4 Å². The van der Waals surface area contributed by atoms with E-state index in [4.69, 9.17) is 0 Å². The van der Waals surface area contributed by atoms with E-state index in [1.54, 1.807) is 0 Å². The number of benzene rings is 1. The van der Waals surface area contributed by atoms with Gasteiger partial charge in [0.1, 0.15) is 6.29 Å². The molecule has 0 spiro atoms. The molecule has 152 valence electrons. The first-order valence-electron chi connectivity index (χ1n) is 9.43. The van der Waals surface area contributed by atoms with Crippen LogP contribution in [0.15, 0.2) is 22.7 Å². The average Bonchev–Trinajstić information content (AvgIpc) is 2.65. The van der Waals surface area contributed by atoms with E-state index in [1.807, 2.05) is 12.1 Å². The highest BCUT2D eigenvalue weighted by Crippen LogP contribution is 2.20. The summed E-state index contributed by atoms with van der Waals surface area (Å²) in [5, 5.41) is 0. The van der Waals surface area contributed by atoms with E-state index in [9.17, 15) is 4.79 Å². The topological polar surface area (TPSA) is 30.0 Å². The van der Waals surface area contributed by atoms with Crippen molar-refractivity contribution in [3.05, 3.63) is 33.8 Å². The molecule has 1 aliphatic rings. The molecule has 0 saturated carbocycles. The SMILES string of the molecule is O=Cc1ccc(CN2CCCN(P)CCN(P)CCCN(P)CC2)c(Br)c1. The Labute approximate surface area is 179 Å². The molecule has 1 heterocycles. The number of nitrogens with zero attached hydrogens (tertiary/aromatic N) is 4. The second kappa shape index (κ2) is 12.9. The molecule has 0 amide bonds. The van der Waals surface area contributed by atoms with Gasteiger partial charge in [-0.1, -0.05) is 56.2 Å². The molecule has 0 bridgehead atoms. The molecule has 27 heavy (non-hydrogen) atoms. The normalized spacial score (nSPS) is 21.0. The minimum Gasteiger partial charge on any atom is -0.298 e. The van der Waals surface area contributed by atoms with Gasteiger partial charge < -0.3 is 0 Å². The van der Waals surface area contributed by atoms with Gasteiger partial charge in [-0.3, -0.25) is 23.7 Å². The summed E-state index contributed by atoms with van der Waals surface area (Å²) in [7, 11) is 8.61. The molecule has 0 aromatic heterocycles. The zero-order chi connectivity index (χ0) is 19.6. The van der Waals surface area contributed by atoms with Crippen LogP contribution in [0, 0.1) is 0 Å². The largest absolute Gasteiger partial charge is 0.298 e. The number of halogens is 1. The molecule has 1 aromatic rings. The summed E-state index contributed by atoms with van der Waals surface area (Å²) in [5.41, 5.74) is 1.95. The summed E-state index contributed by atoms with van der Waals surface area (Å²) < 4.78 is 8.05. The van der Waals surface area contributed by atoms with Crippen LogP contribution in [0.5, 0.6) is 0 Å². The first-order chi connectivity index (χ1) is 13.0. The lowest BCUT2D eigenvalue weighted by molar-refractivity contribution is 0.112. The number of rotatable bonds is 3. The van der Waals surface area contributed by atoms with Crippen molar-refractivity contribution in [1.29, 1.82) is 0 Å². The highest BCUT2D eigenvalue weighted by atomic mass is 79.9. The summed E-state index contributed by atoms with van der Waals surface area (Å²) in [6, 6.07) is 5.87. The van der Waals surface area contributed by atoms with Crippen LogP contribution in [0.4, 0.5) is 0 Å². The van der Waals surface area contributed by atoms with Crippen LogP contribution in [0.2, 0.25) is 0 Å². The fourth-order valence-corrected chi connectivity index (χ4v) is 4.53. The van der Waals surface area contributed by atoms with Gasteiger partial charge in [0.2, 0.25) is 0 Å². The molecule has 1 aliphatic heterocycles. The summed E-state index contributed by atoms with van der Waals surface area (Å²) in [5.74, 6) is 0. The Morgan fingerprint density at radius 2 is 1.41 bits per heavy atom. The standard InChI is InChI=1S/C18H32BrN4OP3/c19-18-13-16(15-24)3-4-17(18)14-20-5-1-6-22(26)11-12-23(27)8-2-7-21(25)10-9-20/h3-4,13,15H,1-2,5-12,14,25-27H2. The zero-order valence-corrected chi connectivity index (χ0v) is 20.9. The van der Waals surface area contributed by atoms with Gasteiger partial charge in [-0.05, 0) is 31.0 Å². The first-order valence-corrected chi connectivity index (χ1v) is 11.8. The third-order valence-corrected chi connectivity index (χ3v) is 7.08. The fraction of sp³-hybridized carbons (Fsp3) is 0.611. The maximum absolute atomic E-state index is 11.0. The predicted molar refractivity (Wildman–Crippen MR) is 128 cm³/mol. The molecule has 2 rings (SSSR count). The molecular formula is C18H32BrN4OP3. The number of carbonyl (C=O) groups is 1. The monoisotopic (exact) mass is 492 g/mol. The van der Waals surface area contributed by atoms with Gasteiger partial charge in [-0.15, -0.1) is 0 Å². The Bertz CT molecular complexity index is 596. The van der Waals surface area contributed by atoms with Crippen molar-refractivity contribution in [3.63, 3.8) is 0 Å². The van der Waals surface area contributed by atoms with Gasteiger partial charge >= 0.3 is 0 Å². The van der Waals surface area contributed by atoms with Crippen LogP contribution in [0.1, 0.15) is 28.8 Å². The van der Waals surface area contributed by atoms with E-state index in [0.717, 1.165) is 76.1 Å². The van der Waals surface area contributed by atoms with E-state index in [-0.39, 0.29) is 0 Å². The van der Waals surface area contributed by atoms with Crippen LogP contribution in [-0.4, -0.2) is 77.6 Å². The molecule has 3 atom stereocenters. The van der Waals surface area contributed by atoms with E-state index in [0.29, 0.717) is 5.56 Å². The number of hydrogen-bond acceptors (Lipinski definition) is 5. The molecule has 3 unspecified atom stereocenters. The van der Waals surface area contributed by atoms with Gasteiger partial charge in [0.15, 0.2) is 0 Å². The Balaban J connectivity index is 1.99. The third kappa shape index (κ3) is 9.24. The van der Waals surface area contributed by atoms with Crippen LogP contribution in [-0.2, 0) is 6.54 Å². The van der Waals surface area contributed by atoms with E-state index in [1.165, 1.54) is 12.0 Å². The molecule has 5 nitrogen and oxygen atoms in total. The second-order valence-corrected chi connectivity index (χ2v) is 10.1. The molecular weight excluding hydrogens is 461 g/mol. The molecule has 1 fully saturated rings. The highest BCUT2D eigenvalue weighted by molar-refractivity contribution is 9.10. The summed E-state index contributed by atoms with van der Waals surface area (Å²) in [6.07, 6.45) is 3.20. The molecule has 1 saturated heterocycles. The molecule has 0 N–H and O–H groups in total. The maximum atomic E-state index is 11.0. The summed E-state index contributed by atoms with van der Waals surface area (Å²) in [4.78, 5) is 13.5. The van der Waals surface area contributed by atoms with Crippen molar-refractivity contribution >= 4 is 50.4 Å². The average molecular weight is 493 g/mol. The van der Waals surface area contributed by atoms with Gasteiger partial charge in [-0.25, -0.2) is 0 Å². The van der Waals surface area contributed by atoms with Crippen molar-refractivity contribution in [3.8, 4) is 0 Å². The molecule has 9 heteroatoms. The quantitative estimate of drug-likeness (QED) is 0.477. The van der Waals surface area contributed by atoms with E-state index >= 15 is 0 Å². The molecule has 1 aromatic carbocycles. The minimum absolute atomic E-state index is 0.713.